The number of rotatable bonds is 6. The lowest BCUT2D eigenvalue weighted by atomic mass is 9.98. The molecule has 20 heavy (non-hydrogen) atoms. The van der Waals surface area contributed by atoms with Crippen molar-refractivity contribution >= 4 is 37.3 Å². The first kappa shape index (κ1) is 16.4. The Morgan fingerprint density at radius 1 is 1.45 bits per heavy atom. The Balaban J connectivity index is 1.92. The number of nitrogens with one attached hydrogen (secondary N) is 1. The summed E-state index contributed by atoms with van der Waals surface area (Å²) in [4.78, 5) is 0. The molecule has 0 aromatic carbocycles. The fourth-order valence-corrected chi connectivity index (χ4v) is 6.34. The minimum Gasteiger partial charge on any atom is -0.316 e. The quantitative estimate of drug-likeness (QED) is 0.771. The Morgan fingerprint density at radius 2 is 2.15 bits per heavy atom. The summed E-state index contributed by atoms with van der Waals surface area (Å²) >= 11 is 4.60. The van der Waals surface area contributed by atoms with Crippen molar-refractivity contribution in [2.45, 2.75) is 30.4 Å². The van der Waals surface area contributed by atoms with Gasteiger partial charge in [-0.1, -0.05) is 6.92 Å². The molecule has 0 bridgehead atoms. The van der Waals surface area contributed by atoms with E-state index in [0.717, 1.165) is 32.4 Å². The first-order valence-electron chi connectivity index (χ1n) is 6.99. The van der Waals surface area contributed by atoms with Crippen LogP contribution in [-0.4, -0.2) is 38.9 Å². The normalized spacial score (nSPS) is 18.5. The molecule has 0 unspecified atom stereocenters. The number of thiophene rings is 1. The van der Waals surface area contributed by atoms with Gasteiger partial charge < -0.3 is 5.32 Å². The van der Waals surface area contributed by atoms with E-state index in [1.807, 2.05) is 0 Å². The Labute approximate surface area is 133 Å². The van der Waals surface area contributed by atoms with Gasteiger partial charge in [-0.05, 0) is 65.6 Å². The zero-order valence-corrected chi connectivity index (χ0v) is 14.9. The summed E-state index contributed by atoms with van der Waals surface area (Å²) in [6.07, 6.45) is 3.03. The zero-order valence-electron chi connectivity index (χ0n) is 11.6. The highest BCUT2D eigenvalue weighted by molar-refractivity contribution is 9.10. The molecule has 1 aromatic heterocycles. The average Bonchev–Trinajstić information content (AvgIpc) is 2.87. The molecule has 2 heterocycles. The van der Waals surface area contributed by atoms with Crippen molar-refractivity contribution in [2.75, 3.05) is 26.2 Å². The standard InChI is InChI=1S/C13H21BrN2O2S2/c1-2-6-15-10-11-3-7-16(8-4-11)20(17,18)13-12(14)5-9-19-13/h5,9,11,15H,2-4,6-8,10H2,1H3. The molecule has 0 aliphatic carbocycles. The van der Waals surface area contributed by atoms with Crippen molar-refractivity contribution in [3.8, 4) is 0 Å². The first-order valence-corrected chi connectivity index (χ1v) is 10.1. The Bertz CT molecular complexity index is 522. The van der Waals surface area contributed by atoms with Crippen LogP contribution >= 0.6 is 27.3 Å². The lowest BCUT2D eigenvalue weighted by molar-refractivity contribution is 0.268. The van der Waals surface area contributed by atoms with Crippen molar-refractivity contribution in [1.82, 2.24) is 9.62 Å². The first-order chi connectivity index (χ1) is 9.55. The minimum absolute atomic E-state index is 0.431. The van der Waals surface area contributed by atoms with Crippen molar-refractivity contribution in [3.05, 3.63) is 15.9 Å². The molecule has 1 aliphatic rings. The molecule has 0 amide bonds. The Hall–Kier alpha value is 0.0500. The van der Waals surface area contributed by atoms with Gasteiger partial charge in [0, 0.05) is 17.6 Å². The average molecular weight is 381 g/mol. The van der Waals surface area contributed by atoms with E-state index in [-0.39, 0.29) is 0 Å². The Kier molecular flexibility index (Phi) is 6.04. The lowest BCUT2D eigenvalue weighted by Crippen LogP contribution is -2.40. The predicted octanol–water partition coefficient (Wildman–Crippen LogP) is 2.91. The van der Waals surface area contributed by atoms with Crippen molar-refractivity contribution in [3.63, 3.8) is 0 Å². The Morgan fingerprint density at radius 3 is 2.70 bits per heavy atom. The maximum absolute atomic E-state index is 12.5. The fraction of sp³-hybridized carbons (Fsp3) is 0.692. The molecule has 1 aromatic rings. The van der Waals surface area contributed by atoms with Gasteiger partial charge in [0.1, 0.15) is 4.21 Å². The number of hydrogen-bond acceptors (Lipinski definition) is 4. The maximum Gasteiger partial charge on any atom is 0.253 e. The molecule has 4 nitrogen and oxygen atoms in total. The van der Waals surface area contributed by atoms with E-state index < -0.39 is 10.0 Å². The van der Waals surface area contributed by atoms with E-state index in [2.05, 4.69) is 28.2 Å². The smallest absolute Gasteiger partial charge is 0.253 e. The number of piperidine rings is 1. The molecule has 1 N–H and O–H groups in total. The van der Waals surface area contributed by atoms with Crippen LogP contribution in [0.2, 0.25) is 0 Å². The zero-order chi connectivity index (χ0) is 14.6. The molecule has 0 spiro atoms. The molecule has 1 aliphatic heterocycles. The second-order valence-electron chi connectivity index (χ2n) is 5.11. The number of sulfonamides is 1. The molecule has 0 radical (unpaired) electrons. The van der Waals surface area contributed by atoms with Crippen LogP contribution in [0.4, 0.5) is 0 Å². The third-order valence-electron chi connectivity index (χ3n) is 3.59. The van der Waals surface area contributed by atoms with E-state index in [1.165, 1.54) is 11.3 Å². The van der Waals surface area contributed by atoms with E-state index in [4.69, 9.17) is 0 Å². The van der Waals surface area contributed by atoms with Gasteiger partial charge >= 0.3 is 0 Å². The molecular weight excluding hydrogens is 360 g/mol. The van der Waals surface area contributed by atoms with Crippen molar-refractivity contribution in [1.29, 1.82) is 0 Å². The third kappa shape index (κ3) is 3.82. The van der Waals surface area contributed by atoms with Gasteiger partial charge in [-0.25, -0.2) is 8.42 Å². The number of halogens is 1. The van der Waals surface area contributed by atoms with E-state index >= 15 is 0 Å². The van der Waals surface area contributed by atoms with Gasteiger partial charge in [0.05, 0.1) is 0 Å². The molecule has 0 saturated carbocycles. The highest BCUT2D eigenvalue weighted by Gasteiger charge is 2.31. The molecule has 114 valence electrons. The van der Waals surface area contributed by atoms with Crippen LogP contribution in [0.1, 0.15) is 26.2 Å². The van der Waals surface area contributed by atoms with Crippen molar-refractivity contribution in [2.24, 2.45) is 5.92 Å². The predicted molar refractivity (Wildman–Crippen MR) is 86.7 cm³/mol. The topological polar surface area (TPSA) is 49.4 Å². The van der Waals surface area contributed by atoms with Gasteiger partial charge in [0.2, 0.25) is 0 Å². The van der Waals surface area contributed by atoms with Gasteiger partial charge in [-0.3, -0.25) is 0 Å². The van der Waals surface area contributed by atoms with Gasteiger partial charge in [0.25, 0.3) is 10.0 Å². The molecule has 7 heteroatoms. The van der Waals surface area contributed by atoms with Crippen molar-refractivity contribution < 1.29 is 8.42 Å². The largest absolute Gasteiger partial charge is 0.316 e. The molecule has 1 fully saturated rings. The van der Waals surface area contributed by atoms with Crippen LogP contribution in [0.25, 0.3) is 0 Å². The molecular formula is C13H21BrN2O2S2. The van der Waals surface area contributed by atoms with Crippen LogP contribution in [-0.2, 0) is 10.0 Å². The van der Waals surface area contributed by atoms with Gasteiger partial charge in [-0.2, -0.15) is 4.31 Å². The highest BCUT2D eigenvalue weighted by atomic mass is 79.9. The van der Waals surface area contributed by atoms with E-state index in [1.54, 1.807) is 15.8 Å². The van der Waals surface area contributed by atoms with Crippen LogP contribution < -0.4 is 5.32 Å². The van der Waals surface area contributed by atoms with Crippen LogP contribution in [0.3, 0.4) is 0 Å². The number of nitrogens with zero attached hydrogens (tertiary/aromatic N) is 1. The summed E-state index contributed by atoms with van der Waals surface area (Å²) < 4.78 is 27.8. The summed E-state index contributed by atoms with van der Waals surface area (Å²) in [5.41, 5.74) is 0. The molecule has 2 rings (SSSR count). The number of hydrogen-bond donors (Lipinski definition) is 1. The summed E-state index contributed by atoms with van der Waals surface area (Å²) in [6.45, 7) is 5.46. The van der Waals surface area contributed by atoms with Crippen LogP contribution in [0, 0.1) is 5.92 Å². The SMILES string of the molecule is CCCNCC1CCN(S(=O)(=O)c2sccc2Br)CC1. The summed E-state index contributed by atoms with van der Waals surface area (Å²) in [5, 5.41) is 5.23. The molecule has 1 saturated heterocycles. The third-order valence-corrected chi connectivity index (χ3v) is 8.14. The second-order valence-corrected chi connectivity index (χ2v) is 9.01. The highest BCUT2D eigenvalue weighted by Crippen LogP contribution is 2.32. The fourth-order valence-electron chi connectivity index (χ4n) is 2.42. The van der Waals surface area contributed by atoms with E-state index in [9.17, 15) is 8.42 Å². The van der Waals surface area contributed by atoms with Crippen LogP contribution in [0.15, 0.2) is 20.1 Å². The monoisotopic (exact) mass is 380 g/mol. The molecule has 0 atom stereocenters. The summed E-state index contributed by atoms with van der Waals surface area (Å²) in [5.74, 6) is 0.597. The minimum atomic E-state index is -3.31. The van der Waals surface area contributed by atoms with Gasteiger partial charge in [-0.15, -0.1) is 11.3 Å². The van der Waals surface area contributed by atoms with Gasteiger partial charge in [0.15, 0.2) is 0 Å². The maximum atomic E-state index is 12.5. The van der Waals surface area contributed by atoms with E-state index in [0.29, 0.717) is 27.7 Å². The second kappa shape index (κ2) is 7.35. The summed E-state index contributed by atoms with van der Waals surface area (Å²) in [7, 11) is -3.31. The lowest BCUT2D eigenvalue weighted by Gasteiger charge is -2.31. The van der Waals surface area contributed by atoms with Crippen LogP contribution in [0.5, 0.6) is 0 Å². The summed E-state index contributed by atoms with van der Waals surface area (Å²) in [6, 6.07) is 1.79.